The Hall–Kier alpha value is -10.8. The van der Waals surface area contributed by atoms with Gasteiger partial charge in [0, 0.05) is 65.6 Å². The predicted octanol–water partition coefficient (Wildman–Crippen LogP) is 22.3. The number of furan rings is 2. The fourth-order valence-corrected chi connectivity index (χ4v) is 12.7. The monoisotopic (exact) mass is 1060 g/mol. The number of hydrogen-bond acceptors (Lipinski definition) is 4. The molecule has 386 valence electrons. The summed E-state index contributed by atoms with van der Waals surface area (Å²) in [6.45, 7) is 0. The van der Waals surface area contributed by atoms with Crippen LogP contribution < -0.4 is 9.80 Å². The first-order chi connectivity index (χ1) is 40.5. The Morgan fingerprint density at radius 2 is 0.585 bits per heavy atom. The van der Waals surface area contributed by atoms with E-state index in [2.05, 4.69) is 143 Å². The smallest absolute Gasteiger partial charge is 0.159 e. The van der Waals surface area contributed by atoms with Gasteiger partial charge >= 0.3 is 0 Å². The van der Waals surface area contributed by atoms with Gasteiger partial charge in [-0.1, -0.05) is 206 Å². The second kappa shape index (κ2) is 18.9. The van der Waals surface area contributed by atoms with Crippen molar-refractivity contribution >= 4 is 110 Å². The van der Waals surface area contributed by atoms with Crippen molar-refractivity contribution in [3.63, 3.8) is 0 Å². The summed E-state index contributed by atoms with van der Waals surface area (Å²) >= 11 is 0. The van der Waals surface area contributed by atoms with Gasteiger partial charge in [-0.15, -0.1) is 0 Å². The summed E-state index contributed by atoms with van der Waals surface area (Å²) in [6, 6.07) is 93.8. The molecule has 0 aliphatic rings. The summed E-state index contributed by atoms with van der Waals surface area (Å²) in [6.07, 6.45) is 0. The summed E-state index contributed by atoms with van der Waals surface area (Å²) in [5.74, 6) is -0.642. The zero-order valence-corrected chi connectivity index (χ0v) is 44.0. The fraction of sp³-hybridized carbons (Fsp3) is 0. The van der Waals surface area contributed by atoms with Crippen molar-refractivity contribution in [2.45, 2.75) is 0 Å². The van der Waals surface area contributed by atoms with E-state index in [4.69, 9.17) is 8.83 Å². The molecule has 0 spiro atoms. The number of benzene rings is 14. The van der Waals surface area contributed by atoms with Crippen LogP contribution in [0.5, 0.6) is 0 Å². The molecule has 2 aromatic heterocycles. The molecule has 0 aliphatic heterocycles. The van der Waals surface area contributed by atoms with Crippen LogP contribution in [0.2, 0.25) is 0 Å². The van der Waals surface area contributed by atoms with Gasteiger partial charge < -0.3 is 18.6 Å². The molecular weight excluding hydrogens is 1010 g/mol. The highest BCUT2D eigenvalue weighted by Gasteiger charge is 2.29. The van der Waals surface area contributed by atoms with Crippen LogP contribution in [0.1, 0.15) is 0 Å². The summed E-state index contributed by atoms with van der Waals surface area (Å²) < 4.78 is 46.7. The quantitative estimate of drug-likeness (QED) is 0.128. The molecule has 0 N–H and O–H groups in total. The van der Waals surface area contributed by atoms with E-state index in [9.17, 15) is 0 Å². The number of fused-ring (bicyclic) bond motifs is 6. The third-order valence-electron chi connectivity index (χ3n) is 16.3. The molecule has 82 heavy (non-hydrogen) atoms. The van der Waals surface area contributed by atoms with Gasteiger partial charge in [-0.25, -0.2) is 8.78 Å². The zero-order chi connectivity index (χ0) is 54.4. The molecule has 0 fully saturated rings. The maximum Gasteiger partial charge on any atom is 0.159 e. The first kappa shape index (κ1) is 47.2. The molecule has 0 aliphatic carbocycles. The first-order valence-corrected chi connectivity index (χ1v) is 27.5. The molecular formula is C76H46F2N2O2. The summed E-state index contributed by atoms with van der Waals surface area (Å²) in [7, 11) is 0. The topological polar surface area (TPSA) is 32.8 Å². The lowest BCUT2D eigenvalue weighted by Crippen LogP contribution is -2.13. The van der Waals surface area contributed by atoms with Crippen molar-refractivity contribution in [1.82, 2.24) is 0 Å². The zero-order valence-electron chi connectivity index (χ0n) is 44.0. The number of hydrogen-bond donors (Lipinski definition) is 0. The van der Waals surface area contributed by atoms with Crippen molar-refractivity contribution < 1.29 is 17.6 Å². The standard InChI is InChI=1S/C76H46F2N2O2/c77-65-41-35-51(43-63(65)49-23-9-3-10-24-49)79(67-31-17-29-57-53-27-13-15-33-71(53)81-75(57)67)69-45-61(47-19-5-1-6-20-47)55-37-39-60-70(46-62(48-21-7-2-8-22-48)56-38-40-59(69)73(55)74(56)60)80(52-36-42-66(78)64(44-52)50-25-11-4-12-26-50)68-32-18-30-58-54-28-14-16-34-72(54)82-76(58)68/h1-46H. The van der Waals surface area contributed by atoms with Gasteiger partial charge in [-0.05, 0) is 117 Å². The van der Waals surface area contributed by atoms with Gasteiger partial charge in [-0.2, -0.15) is 0 Å². The van der Waals surface area contributed by atoms with E-state index in [1.165, 1.54) is 0 Å². The van der Waals surface area contributed by atoms with E-state index in [0.29, 0.717) is 22.3 Å². The number of rotatable bonds is 10. The van der Waals surface area contributed by atoms with E-state index >= 15 is 8.78 Å². The Morgan fingerprint density at radius 1 is 0.244 bits per heavy atom. The number of para-hydroxylation sites is 4. The summed E-state index contributed by atoms with van der Waals surface area (Å²) in [5, 5.41) is 10.1. The minimum Gasteiger partial charge on any atom is -0.454 e. The number of nitrogens with zero attached hydrogens (tertiary/aromatic N) is 2. The number of halogens is 2. The Balaban J connectivity index is 1.06. The number of anilines is 6. The Labute approximate surface area is 470 Å². The van der Waals surface area contributed by atoms with Crippen LogP contribution in [0.4, 0.5) is 42.9 Å². The highest BCUT2D eigenvalue weighted by atomic mass is 19.1. The van der Waals surface area contributed by atoms with Gasteiger partial charge in [0.05, 0.1) is 22.7 Å². The SMILES string of the molecule is Fc1ccc(N(c2cc(-c3ccccc3)c3ccc4c(N(c5ccc(F)c(-c6ccccc6)c5)c5cccc6c5oc5ccccc56)cc(-c5ccccc5)c5ccc2c3c54)c2cccc3c2oc2ccccc23)cc1-c1ccccc1. The average molecular weight is 1060 g/mol. The Morgan fingerprint density at radius 3 is 0.988 bits per heavy atom. The van der Waals surface area contributed by atoms with E-state index in [0.717, 1.165) is 133 Å². The van der Waals surface area contributed by atoms with Gasteiger partial charge in [0.15, 0.2) is 11.2 Å². The van der Waals surface area contributed by atoms with Crippen molar-refractivity contribution in [3.05, 3.63) is 291 Å². The molecule has 0 radical (unpaired) electrons. The van der Waals surface area contributed by atoms with Crippen LogP contribution >= 0.6 is 0 Å². The molecule has 14 aromatic carbocycles. The van der Waals surface area contributed by atoms with Crippen molar-refractivity contribution in [1.29, 1.82) is 0 Å². The van der Waals surface area contributed by atoms with Crippen molar-refractivity contribution in [2.24, 2.45) is 0 Å². The molecule has 16 aromatic rings. The second-order valence-electron chi connectivity index (χ2n) is 20.9. The van der Waals surface area contributed by atoms with Crippen LogP contribution in [0.15, 0.2) is 288 Å². The third-order valence-corrected chi connectivity index (χ3v) is 16.3. The van der Waals surface area contributed by atoms with E-state index in [-0.39, 0.29) is 11.6 Å². The molecule has 16 rings (SSSR count). The van der Waals surface area contributed by atoms with Crippen molar-refractivity contribution in [3.8, 4) is 44.5 Å². The highest BCUT2D eigenvalue weighted by molar-refractivity contribution is 6.33. The molecule has 0 atom stereocenters. The Kier molecular flexibility index (Phi) is 10.9. The predicted molar refractivity (Wildman–Crippen MR) is 336 cm³/mol. The molecule has 0 bridgehead atoms. The lowest BCUT2D eigenvalue weighted by atomic mass is 9.85. The molecule has 0 amide bonds. The molecule has 0 saturated carbocycles. The second-order valence-corrected chi connectivity index (χ2v) is 20.9. The maximum absolute atomic E-state index is 16.5. The molecule has 6 heteroatoms. The fourth-order valence-electron chi connectivity index (χ4n) is 12.7. The van der Waals surface area contributed by atoms with Crippen LogP contribution in [0.3, 0.4) is 0 Å². The molecule has 4 nitrogen and oxygen atoms in total. The molecule has 0 unspecified atom stereocenters. The summed E-state index contributed by atoms with van der Waals surface area (Å²) in [4.78, 5) is 4.51. The first-order valence-electron chi connectivity index (χ1n) is 27.5. The minimum absolute atomic E-state index is 0.321. The highest BCUT2D eigenvalue weighted by Crippen LogP contribution is 2.54. The minimum atomic E-state index is -0.321. The van der Waals surface area contributed by atoms with E-state index in [1.54, 1.807) is 12.1 Å². The largest absolute Gasteiger partial charge is 0.454 e. The van der Waals surface area contributed by atoms with Crippen LogP contribution in [0.25, 0.3) is 121 Å². The third kappa shape index (κ3) is 7.49. The molecule has 0 saturated heterocycles. The lowest BCUT2D eigenvalue weighted by molar-refractivity contribution is 0.631. The van der Waals surface area contributed by atoms with Gasteiger partial charge in [0.2, 0.25) is 0 Å². The normalized spacial score (nSPS) is 11.8. The Bertz CT molecular complexity index is 4810. The van der Waals surface area contributed by atoms with Crippen LogP contribution in [-0.4, -0.2) is 0 Å². The van der Waals surface area contributed by atoms with Gasteiger partial charge in [-0.3, -0.25) is 0 Å². The van der Waals surface area contributed by atoms with Crippen LogP contribution in [-0.2, 0) is 0 Å². The van der Waals surface area contributed by atoms with E-state index < -0.39 is 0 Å². The van der Waals surface area contributed by atoms with E-state index in [1.807, 2.05) is 133 Å². The van der Waals surface area contributed by atoms with Gasteiger partial charge in [0.1, 0.15) is 22.8 Å². The van der Waals surface area contributed by atoms with Crippen LogP contribution in [0, 0.1) is 11.6 Å². The van der Waals surface area contributed by atoms with Gasteiger partial charge in [0.25, 0.3) is 0 Å². The lowest BCUT2D eigenvalue weighted by Gasteiger charge is -2.31. The maximum atomic E-state index is 16.5. The average Bonchev–Trinajstić information content (AvgIpc) is 3.84. The molecule has 2 heterocycles. The summed E-state index contributed by atoms with van der Waals surface area (Å²) in [5.41, 5.74) is 14.4. The van der Waals surface area contributed by atoms with Crippen molar-refractivity contribution in [2.75, 3.05) is 9.80 Å².